The maximum atomic E-state index is 11.5. The van der Waals surface area contributed by atoms with E-state index in [2.05, 4.69) is 18.7 Å². The van der Waals surface area contributed by atoms with Gasteiger partial charge in [-0.2, -0.15) is 0 Å². The van der Waals surface area contributed by atoms with Gasteiger partial charge in [0.1, 0.15) is 0 Å². The number of amides is 1. The first-order valence-electron chi connectivity index (χ1n) is 6.13. The van der Waals surface area contributed by atoms with Crippen molar-refractivity contribution >= 4 is 17.0 Å². The Hall–Kier alpha value is -0.220. The fraction of sp³-hybridized carbons (Fsp3) is 0.917. The van der Waals surface area contributed by atoms with E-state index >= 15 is 0 Å². The molecule has 2 heterocycles. The van der Waals surface area contributed by atoms with E-state index < -0.39 is 0 Å². The highest BCUT2D eigenvalue weighted by Gasteiger charge is 2.45. The van der Waals surface area contributed by atoms with E-state index in [-0.39, 0.29) is 5.24 Å². The lowest BCUT2D eigenvalue weighted by molar-refractivity contribution is -0.0548. The van der Waals surface area contributed by atoms with E-state index in [1.54, 1.807) is 0 Å². The molecular weight excluding hydrogens is 220 g/mol. The van der Waals surface area contributed by atoms with Crippen molar-refractivity contribution in [1.82, 2.24) is 9.80 Å². The van der Waals surface area contributed by atoms with Crippen LogP contribution in [0.3, 0.4) is 0 Å². The van der Waals surface area contributed by atoms with Crippen molar-refractivity contribution in [3.63, 3.8) is 0 Å². The Kier molecular flexibility index (Phi) is 3.50. The van der Waals surface area contributed by atoms with E-state index in [9.17, 15) is 4.79 Å². The van der Waals surface area contributed by atoms with Crippen molar-refractivity contribution in [3.05, 3.63) is 0 Å². The van der Waals surface area contributed by atoms with Crippen LogP contribution in [0.4, 0.5) is 4.79 Å². The Morgan fingerprint density at radius 2 is 1.81 bits per heavy atom. The van der Waals surface area contributed by atoms with Crippen molar-refractivity contribution in [1.29, 1.82) is 0 Å². The molecule has 0 aromatic rings. The van der Waals surface area contributed by atoms with Gasteiger partial charge < -0.3 is 4.90 Å². The van der Waals surface area contributed by atoms with Gasteiger partial charge in [-0.1, -0.05) is 11.8 Å². The summed E-state index contributed by atoms with van der Waals surface area (Å²) in [6.45, 7) is 8.94. The largest absolute Gasteiger partial charge is 0.334 e. The number of carbonyl (C=O) groups excluding carboxylic acids is 1. The molecule has 16 heavy (non-hydrogen) atoms. The molecule has 2 aliphatic heterocycles. The molecule has 0 unspecified atom stereocenters. The van der Waals surface area contributed by atoms with Crippen molar-refractivity contribution < 1.29 is 4.79 Å². The fourth-order valence-corrected chi connectivity index (χ4v) is 3.23. The average molecular weight is 242 g/mol. The Balaban J connectivity index is 1.81. The summed E-state index contributed by atoms with van der Waals surface area (Å²) in [6, 6.07) is 0.677. The van der Waals surface area contributed by atoms with Crippen LogP contribution in [0.5, 0.6) is 0 Å². The minimum absolute atomic E-state index is 0.245. The number of nitrogens with zero attached hydrogens (tertiary/aromatic N) is 2. The Bertz CT molecular complexity index is 264. The van der Waals surface area contributed by atoms with Gasteiger partial charge in [0.25, 0.3) is 5.24 Å². The molecule has 0 N–H and O–H groups in total. The van der Waals surface area contributed by atoms with E-state index in [4.69, 9.17) is 0 Å². The van der Waals surface area contributed by atoms with Gasteiger partial charge in [0.05, 0.1) is 0 Å². The molecule has 92 valence electrons. The van der Waals surface area contributed by atoms with Gasteiger partial charge in [-0.05, 0) is 38.4 Å². The molecule has 0 saturated carbocycles. The summed E-state index contributed by atoms with van der Waals surface area (Å²) in [5.41, 5.74) is 0.541. The molecule has 0 atom stereocenters. The maximum absolute atomic E-state index is 11.5. The number of rotatable bonds is 1. The predicted octanol–water partition coefficient (Wildman–Crippen LogP) is 2.28. The molecule has 2 fully saturated rings. The molecular formula is C12H22N2OS. The topological polar surface area (TPSA) is 23.6 Å². The smallest absolute Gasteiger partial charge is 0.281 e. The van der Waals surface area contributed by atoms with Crippen LogP contribution in [-0.4, -0.2) is 53.5 Å². The summed E-state index contributed by atoms with van der Waals surface area (Å²) in [7, 11) is 0. The van der Waals surface area contributed by atoms with Crippen LogP contribution in [0.25, 0.3) is 0 Å². The number of piperidine rings is 1. The zero-order chi connectivity index (χ0) is 11.8. The Labute approximate surface area is 103 Å². The van der Waals surface area contributed by atoms with Gasteiger partial charge in [-0.25, -0.2) is 0 Å². The van der Waals surface area contributed by atoms with Gasteiger partial charge in [0.2, 0.25) is 0 Å². The van der Waals surface area contributed by atoms with Crippen LogP contribution >= 0.6 is 11.8 Å². The second kappa shape index (κ2) is 4.57. The lowest BCUT2D eigenvalue weighted by Crippen LogP contribution is -2.62. The molecule has 0 aliphatic carbocycles. The summed E-state index contributed by atoms with van der Waals surface area (Å²) in [4.78, 5) is 16.1. The molecule has 4 heteroatoms. The quantitative estimate of drug-likeness (QED) is 0.705. The summed E-state index contributed by atoms with van der Waals surface area (Å²) in [6.07, 6.45) is 4.27. The number of carbonyl (C=O) groups is 1. The molecule has 0 aromatic heterocycles. The van der Waals surface area contributed by atoms with E-state index in [1.807, 2.05) is 11.2 Å². The number of hydrogen-bond donors (Lipinski definition) is 0. The highest BCUT2D eigenvalue weighted by Crippen LogP contribution is 2.41. The summed E-state index contributed by atoms with van der Waals surface area (Å²) in [5.74, 6) is 0. The second-order valence-electron chi connectivity index (χ2n) is 5.46. The Morgan fingerprint density at radius 1 is 1.25 bits per heavy atom. The van der Waals surface area contributed by atoms with Crippen LogP contribution in [0.2, 0.25) is 0 Å². The molecule has 1 spiro atoms. The monoisotopic (exact) mass is 242 g/mol. The van der Waals surface area contributed by atoms with Gasteiger partial charge >= 0.3 is 0 Å². The highest BCUT2D eigenvalue weighted by atomic mass is 32.2. The van der Waals surface area contributed by atoms with Crippen LogP contribution in [-0.2, 0) is 0 Å². The highest BCUT2D eigenvalue weighted by molar-refractivity contribution is 8.12. The third-order valence-electron chi connectivity index (χ3n) is 4.06. The van der Waals surface area contributed by atoms with E-state index in [0.29, 0.717) is 11.5 Å². The van der Waals surface area contributed by atoms with Crippen LogP contribution in [0, 0.1) is 5.41 Å². The van der Waals surface area contributed by atoms with Crippen molar-refractivity contribution in [2.24, 2.45) is 5.41 Å². The molecule has 0 bridgehead atoms. The predicted molar refractivity (Wildman–Crippen MR) is 68.9 cm³/mol. The second-order valence-corrected chi connectivity index (χ2v) is 6.21. The lowest BCUT2D eigenvalue weighted by atomic mass is 9.71. The van der Waals surface area contributed by atoms with Gasteiger partial charge in [0, 0.05) is 32.2 Å². The van der Waals surface area contributed by atoms with Gasteiger partial charge in [0.15, 0.2) is 0 Å². The zero-order valence-corrected chi connectivity index (χ0v) is 11.3. The zero-order valence-electron chi connectivity index (χ0n) is 10.5. The number of likely N-dealkylation sites (tertiary alicyclic amines) is 2. The molecule has 2 rings (SSSR count). The first kappa shape index (κ1) is 12.2. The molecule has 3 nitrogen and oxygen atoms in total. The normalized spacial score (nSPS) is 24.9. The van der Waals surface area contributed by atoms with Crippen LogP contribution < -0.4 is 0 Å². The van der Waals surface area contributed by atoms with Crippen molar-refractivity contribution in [2.75, 3.05) is 32.4 Å². The standard InChI is InChI=1S/C12H22N2OS/c1-10(2)14-8-12(9-14)4-6-13(7-5-12)11(15)16-3/h10H,4-9H2,1-3H3. The molecule has 2 aliphatic rings. The summed E-state index contributed by atoms with van der Waals surface area (Å²) >= 11 is 1.34. The average Bonchev–Trinajstić information content (AvgIpc) is 2.24. The van der Waals surface area contributed by atoms with E-state index in [0.717, 1.165) is 13.1 Å². The van der Waals surface area contributed by atoms with Crippen molar-refractivity contribution in [2.45, 2.75) is 32.7 Å². The minimum Gasteiger partial charge on any atom is -0.334 e. The first-order chi connectivity index (χ1) is 7.56. The van der Waals surface area contributed by atoms with E-state index in [1.165, 1.54) is 37.7 Å². The molecule has 2 saturated heterocycles. The van der Waals surface area contributed by atoms with Crippen LogP contribution in [0.15, 0.2) is 0 Å². The Morgan fingerprint density at radius 3 is 2.25 bits per heavy atom. The summed E-state index contributed by atoms with van der Waals surface area (Å²) < 4.78 is 0. The molecule has 0 radical (unpaired) electrons. The maximum Gasteiger partial charge on any atom is 0.281 e. The number of hydrogen-bond acceptors (Lipinski definition) is 3. The van der Waals surface area contributed by atoms with Gasteiger partial charge in [-0.3, -0.25) is 9.69 Å². The summed E-state index contributed by atoms with van der Waals surface area (Å²) in [5, 5.41) is 0.245. The third kappa shape index (κ3) is 2.23. The van der Waals surface area contributed by atoms with Crippen molar-refractivity contribution in [3.8, 4) is 0 Å². The molecule has 1 amide bonds. The third-order valence-corrected chi connectivity index (χ3v) is 4.67. The van der Waals surface area contributed by atoms with Gasteiger partial charge in [-0.15, -0.1) is 0 Å². The first-order valence-corrected chi connectivity index (χ1v) is 7.36. The minimum atomic E-state index is 0.245. The molecule has 0 aromatic carbocycles. The fourth-order valence-electron chi connectivity index (χ4n) is 2.79. The van der Waals surface area contributed by atoms with Crippen LogP contribution in [0.1, 0.15) is 26.7 Å². The lowest BCUT2D eigenvalue weighted by Gasteiger charge is -2.55. The SMILES string of the molecule is CSC(=O)N1CCC2(CC1)CN(C(C)C)C2. The number of thioether (sulfide) groups is 1.